The molecule has 2 amide bonds. The van der Waals surface area contributed by atoms with Crippen molar-refractivity contribution in [2.75, 3.05) is 0 Å². The lowest BCUT2D eigenvalue weighted by atomic mass is 10.1. The van der Waals surface area contributed by atoms with Gasteiger partial charge in [-0.3, -0.25) is 19.7 Å². The Morgan fingerprint density at radius 3 is 2.28 bits per heavy atom. The van der Waals surface area contributed by atoms with Gasteiger partial charge in [0.05, 0.1) is 4.92 Å². The maximum atomic E-state index is 12.9. The Morgan fingerprint density at radius 1 is 1.03 bits per heavy atom. The van der Waals surface area contributed by atoms with Crippen LogP contribution in [0.15, 0.2) is 72.8 Å². The summed E-state index contributed by atoms with van der Waals surface area (Å²) in [6, 6.07) is 17.1. The number of carbonyl (C=O) groups is 2. The number of nitro groups is 1. The van der Waals surface area contributed by atoms with Gasteiger partial charge in [0.25, 0.3) is 11.6 Å². The lowest BCUT2D eigenvalue weighted by molar-refractivity contribution is -0.384. The monoisotopic (exact) mass is 437 g/mol. The normalized spacial score (nSPS) is 11.3. The number of carbonyl (C=O) groups excluding carboxylic acids is 2. The zero-order valence-corrected chi connectivity index (χ0v) is 17.1. The highest BCUT2D eigenvalue weighted by atomic mass is 19.1. The first kappa shape index (κ1) is 22.4. The number of rotatable bonds is 8. The summed E-state index contributed by atoms with van der Waals surface area (Å²) in [5.74, 6) is -0.280. The van der Waals surface area contributed by atoms with E-state index >= 15 is 0 Å². The number of ether oxygens (including phenoxy) is 1. The second-order valence-electron chi connectivity index (χ2n) is 6.92. The molecule has 0 aliphatic heterocycles. The predicted molar refractivity (Wildman–Crippen MR) is 115 cm³/mol. The van der Waals surface area contributed by atoms with E-state index in [0.29, 0.717) is 11.5 Å². The van der Waals surface area contributed by atoms with Gasteiger partial charge in [-0.2, -0.15) is 0 Å². The molecule has 0 aromatic heterocycles. The minimum Gasteiger partial charge on any atom is -0.457 e. The van der Waals surface area contributed by atoms with Crippen LogP contribution >= 0.6 is 0 Å². The molecule has 2 N–H and O–H groups in total. The fraction of sp³-hybridized carbons (Fsp3) is 0.130. The third kappa shape index (κ3) is 6.11. The van der Waals surface area contributed by atoms with Gasteiger partial charge >= 0.3 is 0 Å². The number of halogens is 1. The molecule has 164 valence electrons. The van der Waals surface area contributed by atoms with E-state index < -0.39 is 22.8 Å². The lowest BCUT2D eigenvalue weighted by Crippen LogP contribution is -2.44. The van der Waals surface area contributed by atoms with E-state index in [-0.39, 0.29) is 23.6 Å². The van der Waals surface area contributed by atoms with Gasteiger partial charge in [0.1, 0.15) is 23.4 Å². The van der Waals surface area contributed by atoms with Crippen LogP contribution in [0.2, 0.25) is 0 Å². The Kier molecular flexibility index (Phi) is 7.12. The van der Waals surface area contributed by atoms with Crippen LogP contribution in [0.3, 0.4) is 0 Å². The summed E-state index contributed by atoms with van der Waals surface area (Å²) < 4.78 is 18.6. The number of nitrogens with zero attached hydrogens (tertiary/aromatic N) is 1. The zero-order valence-electron chi connectivity index (χ0n) is 17.1. The quantitative estimate of drug-likeness (QED) is 0.409. The van der Waals surface area contributed by atoms with Crippen molar-refractivity contribution in [3.63, 3.8) is 0 Å². The van der Waals surface area contributed by atoms with E-state index in [2.05, 4.69) is 10.6 Å². The van der Waals surface area contributed by atoms with Crippen molar-refractivity contribution in [2.45, 2.75) is 19.5 Å². The minimum absolute atomic E-state index is 0.0931. The number of hydrogen-bond donors (Lipinski definition) is 2. The van der Waals surface area contributed by atoms with Gasteiger partial charge in [0.15, 0.2) is 0 Å². The van der Waals surface area contributed by atoms with Gasteiger partial charge < -0.3 is 15.4 Å². The molecule has 0 aliphatic carbocycles. The van der Waals surface area contributed by atoms with Crippen LogP contribution in [0.5, 0.6) is 11.5 Å². The first-order valence-electron chi connectivity index (χ1n) is 9.67. The molecule has 0 radical (unpaired) electrons. The molecule has 0 heterocycles. The Balaban J connectivity index is 1.50. The highest BCUT2D eigenvalue weighted by molar-refractivity contribution is 5.97. The Labute approximate surface area is 183 Å². The van der Waals surface area contributed by atoms with E-state index in [1.165, 1.54) is 49.4 Å². The van der Waals surface area contributed by atoms with Crippen molar-refractivity contribution in [1.29, 1.82) is 0 Å². The van der Waals surface area contributed by atoms with Crippen LogP contribution < -0.4 is 15.4 Å². The second kappa shape index (κ2) is 10.2. The number of non-ortho nitro benzene ring substituents is 1. The SMILES string of the molecule is C[C@@H](NC(=O)c1cccc([N+](=O)[O-])c1)C(=O)NCc1ccc(Oc2ccc(F)cc2)cc1. The fourth-order valence-corrected chi connectivity index (χ4v) is 2.76. The molecular formula is C23H20FN3O5. The molecule has 8 nitrogen and oxygen atoms in total. The molecule has 0 spiro atoms. The third-order valence-corrected chi connectivity index (χ3v) is 4.50. The van der Waals surface area contributed by atoms with Gasteiger partial charge in [-0.1, -0.05) is 18.2 Å². The summed E-state index contributed by atoms with van der Waals surface area (Å²) in [7, 11) is 0. The minimum atomic E-state index is -0.845. The van der Waals surface area contributed by atoms with Crippen molar-refractivity contribution >= 4 is 17.5 Å². The highest BCUT2D eigenvalue weighted by Gasteiger charge is 2.18. The average molecular weight is 437 g/mol. The number of hydrogen-bond acceptors (Lipinski definition) is 5. The fourth-order valence-electron chi connectivity index (χ4n) is 2.76. The van der Waals surface area contributed by atoms with Crippen molar-refractivity contribution in [1.82, 2.24) is 10.6 Å². The summed E-state index contributed by atoms with van der Waals surface area (Å²) >= 11 is 0. The molecule has 9 heteroatoms. The molecule has 3 aromatic carbocycles. The number of nitrogens with one attached hydrogen (secondary N) is 2. The maximum Gasteiger partial charge on any atom is 0.270 e. The van der Waals surface area contributed by atoms with Crippen LogP contribution in [0, 0.1) is 15.9 Å². The smallest absolute Gasteiger partial charge is 0.270 e. The molecule has 3 aromatic rings. The van der Waals surface area contributed by atoms with Gasteiger partial charge in [-0.05, 0) is 55.0 Å². The highest BCUT2D eigenvalue weighted by Crippen LogP contribution is 2.21. The first-order valence-corrected chi connectivity index (χ1v) is 9.67. The molecule has 0 aliphatic rings. The van der Waals surface area contributed by atoms with Gasteiger partial charge in [0.2, 0.25) is 5.91 Å². The topological polar surface area (TPSA) is 111 Å². The Bertz CT molecular complexity index is 1120. The summed E-state index contributed by atoms with van der Waals surface area (Å²) in [4.78, 5) is 34.8. The molecule has 1 atom stereocenters. The van der Waals surface area contributed by atoms with E-state index in [4.69, 9.17) is 4.74 Å². The molecule has 0 saturated carbocycles. The van der Waals surface area contributed by atoms with Gasteiger partial charge in [-0.15, -0.1) is 0 Å². The molecule has 32 heavy (non-hydrogen) atoms. The first-order chi connectivity index (χ1) is 15.3. The molecule has 0 fully saturated rings. The average Bonchev–Trinajstić information content (AvgIpc) is 2.79. The number of nitro benzene ring substituents is 1. The summed E-state index contributed by atoms with van der Waals surface area (Å²) in [5.41, 5.74) is 0.694. The predicted octanol–water partition coefficient (Wildman–Crippen LogP) is 3.96. The molecule has 3 rings (SSSR count). The van der Waals surface area contributed by atoms with E-state index in [9.17, 15) is 24.1 Å². The van der Waals surface area contributed by atoms with Crippen molar-refractivity contribution in [2.24, 2.45) is 0 Å². The summed E-state index contributed by atoms with van der Waals surface area (Å²) in [6.07, 6.45) is 0. The lowest BCUT2D eigenvalue weighted by Gasteiger charge is -2.14. The van der Waals surface area contributed by atoms with Crippen molar-refractivity contribution in [3.05, 3.63) is 99.9 Å². The van der Waals surface area contributed by atoms with Crippen LogP contribution in [-0.4, -0.2) is 22.8 Å². The zero-order chi connectivity index (χ0) is 23.1. The molecule has 0 unspecified atom stereocenters. The third-order valence-electron chi connectivity index (χ3n) is 4.50. The second-order valence-corrected chi connectivity index (χ2v) is 6.92. The standard InChI is InChI=1S/C23H20FN3O5/c1-15(26-23(29)17-3-2-4-19(13-17)27(30)31)22(28)25-14-16-5-9-20(10-6-16)32-21-11-7-18(24)8-12-21/h2-13,15H,14H2,1H3,(H,25,28)(H,26,29)/t15-/m1/s1. The van der Waals surface area contributed by atoms with Crippen LogP contribution in [-0.2, 0) is 11.3 Å². The van der Waals surface area contributed by atoms with E-state index in [1.54, 1.807) is 24.3 Å². The molecular weight excluding hydrogens is 417 g/mol. The van der Waals surface area contributed by atoms with E-state index in [0.717, 1.165) is 11.6 Å². The summed E-state index contributed by atoms with van der Waals surface area (Å²) in [6.45, 7) is 1.75. The number of benzene rings is 3. The maximum absolute atomic E-state index is 12.9. The van der Waals surface area contributed by atoms with Crippen LogP contribution in [0.4, 0.5) is 10.1 Å². The van der Waals surface area contributed by atoms with E-state index in [1.807, 2.05) is 0 Å². The molecule has 0 saturated heterocycles. The number of amides is 2. The van der Waals surface area contributed by atoms with Crippen LogP contribution in [0.25, 0.3) is 0 Å². The van der Waals surface area contributed by atoms with Crippen molar-refractivity contribution < 1.29 is 23.6 Å². The Hall–Kier alpha value is -4.27. The molecule has 0 bridgehead atoms. The summed E-state index contributed by atoms with van der Waals surface area (Å²) in [5, 5.41) is 16.1. The van der Waals surface area contributed by atoms with Gasteiger partial charge in [-0.25, -0.2) is 4.39 Å². The van der Waals surface area contributed by atoms with Crippen molar-refractivity contribution in [3.8, 4) is 11.5 Å². The van der Waals surface area contributed by atoms with Crippen LogP contribution in [0.1, 0.15) is 22.8 Å². The van der Waals surface area contributed by atoms with Gasteiger partial charge in [0, 0.05) is 24.2 Å². The Morgan fingerprint density at radius 2 is 1.66 bits per heavy atom. The largest absolute Gasteiger partial charge is 0.457 e.